The van der Waals surface area contributed by atoms with Gasteiger partial charge in [-0.2, -0.15) is 10.2 Å². The Morgan fingerprint density at radius 1 is 1.18 bits per heavy atom. The molecule has 0 bridgehead atoms. The van der Waals surface area contributed by atoms with E-state index in [-0.39, 0.29) is 13.2 Å². The molecule has 0 atom stereocenters. The van der Waals surface area contributed by atoms with Gasteiger partial charge in [0.15, 0.2) is 11.5 Å². The van der Waals surface area contributed by atoms with Crippen molar-refractivity contribution >= 4 is 28.9 Å². The molecule has 0 amide bonds. The Kier molecular flexibility index (Phi) is 7.35. The molecule has 3 aromatic heterocycles. The summed E-state index contributed by atoms with van der Waals surface area (Å²) in [7, 11) is 1.89. The smallest absolute Gasteiger partial charge is 0.378 e. The number of ether oxygens (including phenoxy) is 2. The summed E-state index contributed by atoms with van der Waals surface area (Å²) in [6, 6.07) is 10.0. The van der Waals surface area contributed by atoms with Crippen LogP contribution in [0.1, 0.15) is 11.1 Å². The number of morpholine rings is 1. The van der Waals surface area contributed by atoms with Gasteiger partial charge in [0, 0.05) is 32.4 Å². The topological polar surface area (TPSA) is 155 Å². The molecular formula is C25H30N8O5. The van der Waals surface area contributed by atoms with Gasteiger partial charge in [-0.15, -0.1) is 0 Å². The molecule has 1 aliphatic rings. The number of anilines is 2. The number of aromatic nitrogens is 5. The molecule has 5 rings (SSSR count). The molecule has 4 N–H and O–H groups in total. The van der Waals surface area contributed by atoms with Gasteiger partial charge in [0.2, 0.25) is 0 Å². The second kappa shape index (κ2) is 10.8. The van der Waals surface area contributed by atoms with Crippen molar-refractivity contribution in [2.75, 3.05) is 43.2 Å². The predicted octanol–water partition coefficient (Wildman–Crippen LogP) is 1.03. The normalized spacial score (nSPS) is 14.6. The molecule has 4 aromatic rings. The highest BCUT2D eigenvalue weighted by atomic mass is 16.9. The fraction of sp³-hybridized carbons (Fsp3) is 0.360. The van der Waals surface area contributed by atoms with Crippen molar-refractivity contribution in [3.05, 3.63) is 53.9 Å². The van der Waals surface area contributed by atoms with E-state index in [9.17, 15) is 0 Å². The Morgan fingerprint density at radius 2 is 2.00 bits per heavy atom. The molecule has 38 heavy (non-hydrogen) atoms. The summed E-state index contributed by atoms with van der Waals surface area (Å²) < 4.78 is 13.5. The second-order valence-corrected chi connectivity index (χ2v) is 8.99. The minimum atomic E-state index is -3.18. The molecule has 0 spiro atoms. The summed E-state index contributed by atoms with van der Waals surface area (Å²) in [5.41, 5.74) is 8.31. The van der Waals surface area contributed by atoms with Crippen LogP contribution in [0.2, 0.25) is 0 Å². The number of rotatable bonds is 9. The third-order valence-corrected chi connectivity index (χ3v) is 6.10. The summed E-state index contributed by atoms with van der Waals surface area (Å²) in [6.45, 7) is 4.79. The highest BCUT2D eigenvalue weighted by molar-refractivity contribution is 5.91. The third kappa shape index (κ3) is 5.98. The first-order valence-corrected chi connectivity index (χ1v) is 12.2. The Hall–Kier alpha value is -3.88. The first-order valence-electron chi connectivity index (χ1n) is 12.2. The van der Waals surface area contributed by atoms with E-state index in [1.165, 1.54) is 0 Å². The number of fused-ring (bicyclic) bond motifs is 1. The lowest BCUT2D eigenvalue weighted by Crippen LogP contribution is -2.36. The molecule has 13 heteroatoms. The summed E-state index contributed by atoms with van der Waals surface area (Å²) in [4.78, 5) is 11.9. The molecule has 1 aromatic carbocycles. The van der Waals surface area contributed by atoms with Crippen molar-refractivity contribution in [3.8, 4) is 11.4 Å². The maximum Gasteiger partial charge on any atom is 0.405 e. The number of aryl methyl sites for hydroxylation is 2. The first-order chi connectivity index (χ1) is 18.3. The molecule has 4 heterocycles. The lowest BCUT2D eigenvalue weighted by molar-refractivity contribution is -0.454. The van der Waals surface area contributed by atoms with E-state index in [0.29, 0.717) is 30.5 Å². The molecular weight excluding hydrogens is 492 g/mol. The average Bonchev–Trinajstić information content (AvgIpc) is 3.48. The van der Waals surface area contributed by atoms with Crippen LogP contribution in [0.15, 0.2) is 47.8 Å². The number of hydrogen-bond donors (Lipinski definition) is 4. The number of pyridine rings is 1. The summed E-state index contributed by atoms with van der Waals surface area (Å²) in [5.74, 6) is 1.25. The van der Waals surface area contributed by atoms with Gasteiger partial charge in [-0.25, -0.2) is 9.97 Å². The number of aliphatic hydroxyl groups is 3. The van der Waals surface area contributed by atoms with Gasteiger partial charge >= 0.3 is 6.16 Å². The van der Waals surface area contributed by atoms with Gasteiger partial charge in [0.05, 0.1) is 50.0 Å². The van der Waals surface area contributed by atoms with Crippen molar-refractivity contribution in [2.24, 2.45) is 12.1 Å². The number of hydrogen-bond acceptors (Lipinski definition) is 11. The fourth-order valence-corrected chi connectivity index (χ4v) is 4.30. The summed E-state index contributed by atoms with van der Waals surface area (Å²) in [6.07, 6.45) is 2.00. The van der Waals surface area contributed by atoms with E-state index in [2.05, 4.69) is 31.3 Å². The van der Waals surface area contributed by atoms with E-state index < -0.39 is 6.16 Å². The maximum absolute atomic E-state index is 8.89. The molecule has 0 aliphatic carbocycles. The zero-order valence-electron chi connectivity index (χ0n) is 21.2. The molecule has 200 valence electrons. The van der Waals surface area contributed by atoms with Crippen molar-refractivity contribution in [3.63, 3.8) is 0 Å². The summed E-state index contributed by atoms with van der Waals surface area (Å²) >= 11 is 0. The van der Waals surface area contributed by atoms with Gasteiger partial charge in [-0.05, 0) is 12.5 Å². The largest absolute Gasteiger partial charge is 0.405 e. The monoisotopic (exact) mass is 522 g/mol. The first kappa shape index (κ1) is 25.8. The van der Waals surface area contributed by atoms with Crippen LogP contribution in [0.25, 0.3) is 22.6 Å². The molecule has 0 unspecified atom stereocenters. The molecule has 1 saturated heterocycles. The van der Waals surface area contributed by atoms with Crippen LogP contribution in [0, 0.1) is 6.92 Å². The van der Waals surface area contributed by atoms with Crippen LogP contribution in [0.5, 0.6) is 0 Å². The van der Waals surface area contributed by atoms with Crippen molar-refractivity contribution in [1.82, 2.24) is 24.3 Å². The summed E-state index contributed by atoms with van der Waals surface area (Å²) in [5, 5.41) is 35.4. The lowest BCUT2D eigenvalue weighted by atomic mass is 10.2. The van der Waals surface area contributed by atoms with E-state index in [1.807, 2.05) is 42.8 Å². The maximum atomic E-state index is 8.89. The average molecular weight is 523 g/mol. The minimum Gasteiger partial charge on any atom is -0.378 e. The Labute approximate surface area is 218 Å². The van der Waals surface area contributed by atoms with E-state index in [4.69, 9.17) is 30.0 Å². The van der Waals surface area contributed by atoms with Crippen molar-refractivity contribution in [1.29, 1.82) is 0 Å². The zero-order valence-corrected chi connectivity index (χ0v) is 21.2. The number of hydrazone groups is 1. The molecule has 0 radical (unpaired) electrons. The second-order valence-electron chi connectivity index (χ2n) is 8.99. The quantitative estimate of drug-likeness (QED) is 0.142. The number of benzene rings is 1. The zero-order chi connectivity index (χ0) is 26.7. The number of nitrogens with zero attached hydrogens (tertiary/aromatic N) is 7. The Morgan fingerprint density at radius 3 is 2.76 bits per heavy atom. The van der Waals surface area contributed by atoms with Gasteiger partial charge < -0.3 is 34.3 Å². The van der Waals surface area contributed by atoms with Crippen LogP contribution in [-0.4, -0.2) is 84.9 Å². The molecule has 1 fully saturated rings. The van der Waals surface area contributed by atoms with Gasteiger partial charge in [0.1, 0.15) is 11.3 Å². The SMILES string of the molecule is Cc1cccc(/C=N/Nc2cc(N3CCOCC3)c3nc(-c4cnn(CCOC(O)(O)O)c4)n(C)c3n2)c1. The van der Waals surface area contributed by atoms with Gasteiger partial charge in [-0.3, -0.25) is 10.1 Å². The van der Waals surface area contributed by atoms with E-state index in [0.717, 1.165) is 41.0 Å². The third-order valence-electron chi connectivity index (χ3n) is 6.10. The molecule has 0 saturated carbocycles. The van der Waals surface area contributed by atoms with E-state index >= 15 is 0 Å². The van der Waals surface area contributed by atoms with Crippen LogP contribution in [0.4, 0.5) is 11.5 Å². The van der Waals surface area contributed by atoms with Gasteiger partial charge in [0.25, 0.3) is 0 Å². The number of imidazole rings is 1. The van der Waals surface area contributed by atoms with Gasteiger partial charge in [-0.1, -0.05) is 29.8 Å². The highest BCUT2D eigenvalue weighted by Gasteiger charge is 2.22. The van der Waals surface area contributed by atoms with Crippen LogP contribution in [-0.2, 0) is 23.1 Å². The van der Waals surface area contributed by atoms with Crippen molar-refractivity contribution in [2.45, 2.75) is 19.6 Å². The molecule has 1 aliphatic heterocycles. The van der Waals surface area contributed by atoms with Crippen LogP contribution < -0.4 is 10.3 Å². The Balaban J connectivity index is 1.45. The van der Waals surface area contributed by atoms with Crippen LogP contribution >= 0.6 is 0 Å². The lowest BCUT2D eigenvalue weighted by Gasteiger charge is -2.29. The minimum absolute atomic E-state index is 0.159. The van der Waals surface area contributed by atoms with Crippen molar-refractivity contribution < 1.29 is 24.8 Å². The highest BCUT2D eigenvalue weighted by Crippen LogP contribution is 2.32. The predicted molar refractivity (Wildman–Crippen MR) is 140 cm³/mol. The Bertz CT molecular complexity index is 1440. The van der Waals surface area contributed by atoms with E-state index in [1.54, 1.807) is 23.3 Å². The standard InChI is InChI=1S/C25H30N8O5/c1-17-4-3-5-18(12-17)14-26-30-21-13-20(32-6-9-37-10-7-32)22-24(28-21)31(2)23(29-22)19-15-27-33(16-19)8-11-38-25(34,35)36/h3-5,12-16,34-36H,6-11H2,1-2H3,(H,28,30)/b26-14+. The fourth-order valence-electron chi connectivity index (χ4n) is 4.30. The van der Waals surface area contributed by atoms with Crippen LogP contribution in [0.3, 0.4) is 0 Å². The molecule has 13 nitrogen and oxygen atoms in total. The number of nitrogens with one attached hydrogen (secondary N) is 1.